The van der Waals surface area contributed by atoms with Gasteiger partial charge in [-0.2, -0.15) is 0 Å². The number of ether oxygens (including phenoxy) is 4. The largest absolute Gasteiger partial charge is 1.00 e. The van der Waals surface area contributed by atoms with E-state index >= 15 is 0 Å². The van der Waals surface area contributed by atoms with E-state index < -0.39 is 36.9 Å². The minimum absolute atomic E-state index is 0. The molecule has 18 heteroatoms. The van der Waals surface area contributed by atoms with Crippen molar-refractivity contribution in [3.05, 3.63) is 0 Å². The molecule has 24 heavy (non-hydrogen) atoms. The minimum atomic E-state index is -2.20. The molecule has 0 N–H and O–H groups in total. The molecule has 0 saturated carbocycles. The Kier molecular flexibility index (Phi) is 38.5. The fraction of sp³-hybridized carbons (Fsp3) is 0. The molecule has 0 aromatic heterocycles. The quantitative estimate of drug-likeness (QED) is 0.213. The van der Waals surface area contributed by atoms with E-state index in [0.29, 0.717) is 0 Å². The monoisotopic (exact) mass is 388 g/mol. The Balaban J connectivity index is -0.0000000579. The van der Waals surface area contributed by atoms with Crippen LogP contribution in [0.25, 0.3) is 0 Å². The molecule has 0 aliphatic rings. The van der Waals surface area contributed by atoms with Crippen LogP contribution < -0.4 is 139 Å². The number of hydrogen-bond donors (Lipinski definition) is 0. The predicted octanol–water partition coefficient (Wildman–Crippen LogP) is -16.3. The maximum absolute atomic E-state index is 9.78. The first-order chi connectivity index (χ1) is 9.04. The van der Waals surface area contributed by atoms with E-state index in [2.05, 4.69) is 18.9 Å². The fourth-order valence-electron chi connectivity index (χ4n) is 0.314. The summed E-state index contributed by atoms with van der Waals surface area (Å²) in [5, 5.41) is 37.4. The molecule has 0 bridgehead atoms. The molecule has 0 saturated heterocycles. The van der Waals surface area contributed by atoms with Crippen molar-refractivity contribution in [2.75, 3.05) is 0 Å². The van der Waals surface area contributed by atoms with Crippen LogP contribution in [0.15, 0.2) is 0 Å². The van der Waals surface area contributed by atoms with Gasteiger partial charge in [0.1, 0.15) is 0 Å². The first-order valence-corrected chi connectivity index (χ1v) is 3.67. The number of carbonyl (C=O) groups is 6. The summed E-state index contributed by atoms with van der Waals surface area (Å²) >= 11 is 0. The average Bonchev–Trinajstić information content (AvgIpc) is 2.11. The molecule has 0 aliphatic carbocycles. The van der Waals surface area contributed by atoms with Gasteiger partial charge in [-0.05, 0) is 0 Å². The second kappa shape index (κ2) is 23.4. The standard InChI is InChI=1S/2C3H2O7.4Na/c2*4-1(5)9-3(8)10-2(6)7;;;;/h2*(H,4,5)(H,6,7);;;;/q;;4*+1/p-4. The number of carboxylic acid groups (broad SMARTS) is 4. The SMILES string of the molecule is O=C([O-])OC(=O)OC(=O)[O-].O=C([O-])OC(=O)OC(=O)[O-].[Na+].[Na+].[Na+].[Na+]. The van der Waals surface area contributed by atoms with Gasteiger partial charge in [0.25, 0.3) is 24.6 Å². The molecule has 0 atom stereocenters. The number of rotatable bonds is 0. The van der Waals surface area contributed by atoms with Gasteiger partial charge in [0.15, 0.2) is 0 Å². The summed E-state index contributed by atoms with van der Waals surface area (Å²) in [5.41, 5.74) is 0. The Morgan fingerprint density at radius 3 is 0.625 bits per heavy atom. The van der Waals surface area contributed by atoms with Crippen LogP contribution in [-0.2, 0) is 18.9 Å². The average molecular weight is 388 g/mol. The van der Waals surface area contributed by atoms with Crippen LogP contribution in [-0.4, -0.2) is 36.9 Å². The first-order valence-electron chi connectivity index (χ1n) is 3.67. The molecule has 112 valence electrons. The maximum Gasteiger partial charge on any atom is 1.00 e. The van der Waals surface area contributed by atoms with E-state index in [-0.39, 0.29) is 118 Å². The zero-order valence-corrected chi connectivity index (χ0v) is 20.7. The van der Waals surface area contributed by atoms with E-state index in [1.54, 1.807) is 0 Å². The molecule has 0 amide bonds. The van der Waals surface area contributed by atoms with E-state index in [0.717, 1.165) is 0 Å². The van der Waals surface area contributed by atoms with Crippen LogP contribution in [0.1, 0.15) is 0 Å². The first kappa shape index (κ1) is 39.5. The van der Waals surface area contributed by atoms with Crippen LogP contribution in [0, 0.1) is 0 Å². The Morgan fingerprint density at radius 1 is 0.417 bits per heavy atom. The van der Waals surface area contributed by atoms with Gasteiger partial charge in [-0.1, -0.05) is 0 Å². The molecule has 0 aromatic rings. The molecule has 14 nitrogen and oxygen atoms in total. The van der Waals surface area contributed by atoms with Crippen molar-refractivity contribution in [2.45, 2.75) is 0 Å². The molecule has 0 spiro atoms. The number of hydrogen-bond acceptors (Lipinski definition) is 14. The summed E-state index contributed by atoms with van der Waals surface area (Å²) in [6.07, 6.45) is -12.6. The predicted molar refractivity (Wildman–Crippen MR) is 36.7 cm³/mol. The van der Waals surface area contributed by atoms with Gasteiger partial charge in [0.2, 0.25) is 0 Å². The van der Waals surface area contributed by atoms with Crippen molar-refractivity contribution in [1.82, 2.24) is 0 Å². The molecular formula is C6Na4O14. The van der Waals surface area contributed by atoms with Crippen LogP contribution in [0.4, 0.5) is 28.8 Å². The van der Waals surface area contributed by atoms with Crippen molar-refractivity contribution in [2.24, 2.45) is 0 Å². The van der Waals surface area contributed by atoms with Crippen molar-refractivity contribution in [1.29, 1.82) is 0 Å². The molecule has 0 aliphatic heterocycles. The molecule has 0 aromatic carbocycles. The molecule has 0 heterocycles. The van der Waals surface area contributed by atoms with Gasteiger partial charge in [0, 0.05) is 0 Å². The van der Waals surface area contributed by atoms with Gasteiger partial charge in [-0.25, -0.2) is 9.59 Å². The van der Waals surface area contributed by atoms with Crippen LogP contribution in [0.3, 0.4) is 0 Å². The summed E-state index contributed by atoms with van der Waals surface area (Å²) < 4.78 is 12.3. The molecule has 0 fully saturated rings. The van der Waals surface area contributed by atoms with Gasteiger partial charge < -0.3 is 58.6 Å². The van der Waals surface area contributed by atoms with E-state index in [4.69, 9.17) is 0 Å². The van der Waals surface area contributed by atoms with Crippen LogP contribution >= 0.6 is 0 Å². The Hall–Kier alpha value is 0.420. The molecule has 0 rings (SSSR count). The normalized spacial score (nSPS) is 6.67. The van der Waals surface area contributed by atoms with Gasteiger partial charge >= 0.3 is 131 Å². The summed E-state index contributed by atoms with van der Waals surface area (Å²) in [4.78, 5) is 56.9. The summed E-state index contributed by atoms with van der Waals surface area (Å²) in [6, 6.07) is 0. The maximum atomic E-state index is 9.78. The van der Waals surface area contributed by atoms with Gasteiger partial charge in [-0.3, -0.25) is 0 Å². The third-order valence-electron chi connectivity index (χ3n) is 0.667. The summed E-state index contributed by atoms with van der Waals surface area (Å²) in [5.74, 6) is 0. The van der Waals surface area contributed by atoms with Gasteiger partial charge in [0.05, 0.1) is 0 Å². The zero-order chi connectivity index (χ0) is 16.3. The van der Waals surface area contributed by atoms with Gasteiger partial charge in [-0.15, -0.1) is 0 Å². The minimum Gasteiger partial charge on any atom is -0.467 e. The second-order valence-corrected chi connectivity index (χ2v) is 1.91. The van der Waals surface area contributed by atoms with Crippen molar-refractivity contribution >= 4 is 36.9 Å². The topological polar surface area (TPSA) is 232 Å². The van der Waals surface area contributed by atoms with Crippen molar-refractivity contribution in [3.63, 3.8) is 0 Å². The Morgan fingerprint density at radius 2 is 0.542 bits per heavy atom. The van der Waals surface area contributed by atoms with E-state index in [1.807, 2.05) is 0 Å². The summed E-state index contributed by atoms with van der Waals surface area (Å²) in [7, 11) is 0. The van der Waals surface area contributed by atoms with E-state index in [9.17, 15) is 49.2 Å². The zero-order valence-electron chi connectivity index (χ0n) is 12.7. The Labute approximate surface area is 220 Å². The van der Waals surface area contributed by atoms with Crippen molar-refractivity contribution < 1.29 is 186 Å². The molecule has 0 radical (unpaired) electrons. The van der Waals surface area contributed by atoms with Crippen LogP contribution in [0.5, 0.6) is 0 Å². The second-order valence-electron chi connectivity index (χ2n) is 1.91. The fourth-order valence-corrected chi connectivity index (χ4v) is 0.314. The Bertz CT molecular complexity index is 359. The van der Waals surface area contributed by atoms with Crippen LogP contribution in [0.2, 0.25) is 0 Å². The molecule has 0 unspecified atom stereocenters. The smallest absolute Gasteiger partial charge is 0.467 e. The van der Waals surface area contributed by atoms with Crippen molar-refractivity contribution in [3.8, 4) is 0 Å². The van der Waals surface area contributed by atoms with E-state index in [1.165, 1.54) is 0 Å². The third kappa shape index (κ3) is 38.2. The summed E-state index contributed by atoms with van der Waals surface area (Å²) in [6.45, 7) is 0. The number of carbonyl (C=O) groups excluding carboxylic acids is 6. The third-order valence-corrected chi connectivity index (χ3v) is 0.667. The molecular weight excluding hydrogens is 388 g/mol.